The van der Waals surface area contributed by atoms with Gasteiger partial charge in [-0.05, 0) is 32.6 Å². The van der Waals surface area contributed by atoms with Crippen molar-refractivity contribution >= 4 is 0 Å². The van der Waals surface area contributed by atoms with Gasteiger partial charge in [-0.25, -0.2) is 0 Å². The molecule has 0 aromatic heterocycles. The van der Waals surface area contributed by atoms with Gasteiger partial charge in [0.2, 0.25) is 0 Å². The van der Waals surface area contributed by atoms with E-state index >= 15 is 0 Å². The second-order valence-corrected chi connectivity index (χ2v) is 5.44. The van der Waals surface area contributed by atoms with Gasteiger partial charge in [0.25, 0.3) is 0 Å². The Kier molecular flexibility index (Phi) is 4.26. The van der Waals surface area contributed by atoms with Crippen LogP contribution in [0, 0.1) is 0 Å². The zero-order valence-electron chi connectivity index (χ0n) is 11.2. The molecule has 0 bridgehead atoms. The maximum atomic E-state index is 6.24. The van der Waals surface area contributed by atoms with Crippen molar-refractivity contribution in [2.75, 3.05) is 13.2 Å². The molecule has 2 fully saturated rings. The summed E-state index contributed by atoms with van der Waals surface area (Å²) in [7, 11) is 0. The summed E-state index contributed by atoms with van der Waals surface area (Å²) in [6.07, 6.45) is 11.7. The molecule has 0 atom stereocenters. The molecular formula is C15H26O2. The van der Waals surface area contributed by atoms with E-state index in [1.54, 1.807) is 0 Å². The Labute approximate surface area is 105 Å². The van der Waals surface area contributed by atoms with Crippen LogP contribution in [0.15, 0.2) is 12.7 Å². The van der Waals surface area contributed by atoms with Crippen LogP contribution in [0.5, 0.6) is 0 Å². The lowest BCUT2D eigenvalue weighted by Gasteiger charge is -2.46. The summed E-state index contributed by atoms with van der Waals surface area (Å²) in [5.74, 6) is 0. The molecule has 0 aromatic rings. The molecule has 2 aliphatic rings. The van der Waals surface area contributed by atoms with Gasteiger partial charge in [0, 0.05) is 6.61 Å². The first-order valence-electron chi connectivity index (χ1n) is 7.17. The second-order valence-electron chi connectivity index (χ2n) is 5.44. The second kappa shape index (κ2) is 5.53. The molecule has 2 nitrogen and oxygen atoms in total. The maximum absolute atomic E-state index is 6.24. The zero-order valence-corrected chi connectivity index (χ0v) is 11.2. The van der Waals surface area contributed by atoms with Crippen LogP contribution in [0.2, 0.25) is 0 Å². The zero-order chi connectivity index (χ0) is 12.2. The molecule has 0 spiro atoms. The molecular weight excluding hydrogens is 212 g/mol. The monoisotopic (exact) mass is 238 g/mol. The van der Waals surface area contributed by atoms with Gasteiger partial charge in [0.05, 0.1) is 17.8 Å². The molecule has 0 saturated heterocycles. The quantitative estimate of drug-likeness (QED) is 0.654. The Balaban J connectivity index is 2.19. The molecule has 0 aliphatic heterocycles. The van der Waals surface area contributed by atoms with Gasteiger partial charge in [-0.1, -0.05) is 31.8 Å². The lowest BCUT2D eigenvalue weighted by atomic mass is 9.79. The lowest BCUT2D eigenvalue weighted by Crippen LogP contribution is -2.54. The van der Waals surface area contributed by atoms with Crippen LogP contribution in [0.4, 0.5) is 0 Å². The third-order valence-corrected chi connectivity index (χ3v) is 4.55. The maximum Gasteiger partial charge on any atom is 0.0975 e. The van der Waals surface area contributed by atoms with E-state index in [1.807, 2.05) is 6.08 Å². The fourth-order valence-corrected chi connectivity index (χ4v) is 3.85. The van der Waals surface area contributed by atoms with Crippen molar-refractivity contribution < 1.29 is 9.47 Å². The number of hydrogen-bond acceptors (Lipinski definition) is 2. The van der Waals surface area contributed by atoms with Gasteiger partial charge >= 0.3 is 0 Å². The van der Waals surface area contributed by atoms with Gasteiger partial charge in [0.15, 0.2) is 0 Å². The first kappa shape index (κ1) is 13.1. The van der Waals surface area contributed by atoms with Crippen LogP contribution in [-0.4, -0.2) is 24.4 Å². The minimum absolute atomic E-state index is 0.00125. The average molecular weight is 238 g/mol. The third kappa shape index (κ3) is 2.30. The summed E-state index contributed by atoms with van der Waals surface area (Å²) in [6.45, 7) is 7.36. The van der Waals surface area contributed by atoms with Gasteiger partial charge in [0.1, 0.15) is 0 Å². The smallest absolute Gasteiger partial charge is 0.0975 e. The molecule has 2 saturated carbocycles. The fourth-order valence-electron chi connectivity index (χ4n) is 3.85. The minimum atomic E-state index is -0.0201. The molecule has 2 rings (SSSR count). The largest absolute Gasteiger partial charge is 0.372 e. The normalized spacial score (nSPS) is 26.2. The highest BCUT2D eigenvalue weighted by molar-refractivity contribution is 5.07. The predicted octanol–water partition coefficient (Wildman–Crippen LogP) is 3.85. The molecule has 2 heteroatoms. The Morgan fingerprint density at radius 2 is 1.41 bits per heavy atom. The first-order chi connectivity index (χ1) is 8.29. The summed E-state index contributed by atoms with van der Waals surface area (Å²) in [5.41, 5.74) is -0.0189. The van der Waals surface area contributed by atoms with Gasteiger partial charge in [-0.15, -0.1) is 6.58 Å². The van der Waals surface area contributed by atoms with Crippen LogP contribution >= 0.6 is 0 Å². The SMILES string of the molecule is C=CCOC1(C2(OCC)CCCC2)CCCC1. The van der Waals surface area contributed by atoms with Crippen LogP contribution < -0.4 is 0 Å². The standard InChI is InChI=1S/C15H26O2/c1-3-13-17-15(11-7-8-12-15)14(16-4-2)9-5-6-10-14/h3H,1,4-13H2,2H3. The fraction of sp³-hybridized carbons (Fsp3) is 0.867. The first-order valence-corrected chi connectivity index (χ1v) is 7.17. The van der Waals surface area contributed by atoms with Gasteiger partial charge in [-0.3, -0.25) is 0 Å². The molecule has 0 N–H and O–H groups in total. The van der Waals surface area contributed by atoms with Crippen molar-refractivity contribution in [3.05, 3.63) is 12.7 Å². The van der Waals surface area contributed by atoms with Crippen molar-refractivity contribution in [1.82, 2.24) is 0 Å². The minimum Gasteiger partial charge on any atom is -0.372 e. The van der Waals surface area contributed by atoms with Gasteiger partial charge < -0.3 is 9.47 Å². The van der Waals surface area contributed by atoms with Gasteiger partial charge in [-0.2, -0.15) is 0 Å². The molecule has 2 aliphatic carbocycles. The van der Waals surface area contributed by atoms with E-state index in [1.165, 1.54) is 51.4 Å². The number of hydrogen-bond donors (Lipinski definition) is 0. The molecule has 17 heavy (non-hydrogen) atoms. The van der Waals surface area contributed by atoms with E-state index in [4.69, 9.17) is 9.47 Å². The van der Waals surface area contributed by atoms with Crippen molar-refractivity contribution in [3.8, 4) is 0 Å². The predicted molar refractivity (Wildman–Crippen MR) is 70.2 cm³/mol. The summed E-state index contributed by atoms with van der Waals surface area (Å²) >= 11 is 0. The van der Waals surface area contributed by atoms with E-state index in [0.29, 0.717) is 6.61 Å². The molecule has 0 aromatic carbocycles. The highest BCUT2D eigenvalue weighted by atomic mass is 16.6. The topological polar surface area (TPSA) is 18.5 Å². The van der Waals surface area contributed by atoms with E-state index in [9.17, 15) is 0 Å². The highest BCUT2D eigenvalue weighted by Crippen LogP contribution is 2.51. The van der Waals surface area contributed by atoms with E-state index in [0.717, 1.165) is 6.61 Å². The van der Waals surface area contributed by atoms with Crippen LogP contribution in [0.25, 0.3) is 0 Å². The Morgan fingerprint density at radius 3 is 1.82 bits per heavy atom. The molecule has 0 amide bonds. The molecule has 0 unspecified atom stereocenters. The van der Waals surface area contributed by atoms with E-state index < -0.39 is 0 Å². The number of ether oxygens (including phenoxy) is 2. The Bertz CT molecular complexity index is 248. The van der Waals surface area contributed by atoms with Crippen LogP contribution in [0.1, 0.15) is 58.3 Å². The molecule has 0 radical (unpaired) electrons. The van der Waals surface area contributed by atoms with Crippen molar-refractivity contribution in [3.63, 3.8) is 0 Å². The average Bonchev–Trinajstić information content (AvgIpc) is 2.97. The Morgan fingerprint density at radius 1 is 0.941 bits per heavy atom. The van der Waals surface area contributed by atoms with Crippen molar-refractivity contribution in [1.29, 1.82) is 0 Å². The van der Waals surface area contributed by atoms with Crippen molar-refractivity contribution in [2.24, 2.45) is 0 Å². The Hall–Kier alpha value is -0.340. The summed E-state index contributed by atoms with van der Waals surface area (Å²) in [5, 5.41) is 0. The highest BCUT2D eigenvalue weighted by Gasteiger charge is 2.55. The van der Waals surface area contributed by atoms with Crippen molar-refractivity contribution in [2.45, 2.75) is 69.5 Å². The molecule has 98 valence electrons. The number of rotatable bonds is 6. The summed E-state index contributed by atoms with van der Waals surface area (Å²) < 4.78 is 12.5. The van der Waals surface area contributed by atoms with Crippen LogP contribution in [-0.2, 0) is 9.47 Å². The summed E-state index contributed by atoms with van der Waals surface area (Å²) in [6, 6.07) is 0. The van der Waals surface area contributed by atoms with Crippen LogP contribution in [0.3, 0.4) is 0 Å². The summed E-state index contributed by atoms with van der Waals surface area (Å²) in [4.78, 5) is 0. The lowest BCUT2D eigenvalue weighted by molar-refractivity contribution is -0.198. The third-order valence-electron chi connectivity index (χ3n) is 4.55. The van der Waals surface area contributed by atoms with E-state index in [2.05, 4.69) is 13.5 Å². The van der Waals surface area contributed by atoms with E-state index in [-0.39, 0.29) is 11.2 Å². The molecule has 0 heterocycles.